The van der Waals surface area contributed by atoms with Crippen LogP contribution >= 0.6 is 0 Å². The number of anilines is 5. The molecule has 0 aliphatic carbocycles. The van der Waals surface area contributed by atoms with Crippen molar-refractivity contribution in [2.24, 2.45) is 0 Å². The molecule has 254 valence electrons. The molecule has 5 N–H and O–H groups in total. The van der Waals surface area contributed by atoms with E-state index in [4.69, 9.17) is 14.2 Å². The minimum atomic E-state index is -1.36. The fourth-order valence-corrected chi connectivity index (χ4v) is 5.58. The number of carboxylic acid groups (broad SMARTS) is 1. The van der Waals surface area contributed by atoms with Gasteiger partial charge in [0.15, 0.2) is 5.75 Å². The molecule has 0 fully saturated rings. The maximum absolute atomic E-state index is 13.4. The monoisotopic (exact) mass is 683 g/mol. The van der Waals surface area contributed by atoms with Gasteiger partial charge in [0.25, 0.3) is 0 Å². The van der Waals surface area contributed by atoms with Crippen molar-refractivity contribution in [2.75, 3.05) is 41.1 Å². The largest absolute Gasteiger partial charge is 0.496 e. The summed E-state index contributed by atoms with van der Waals surface area (Å²) in [6, 6.07) is 22.3. The van der Waals surface area contributed by atoms with E-state index in [1.807, 2.05) is 57.2 Å². The lowest BCUT2D eigenvalue weighted by atomic mass is 9.86. The highest BCUT2D eigenvalue weighted by Crippen LogP contribution is 2.40. The first-order valence-electron chi connectivity index (χ1n) is 15.1. The standard InChI is InChI=1S/C36H37N5O7S/c1-36(2,3)21-17-28(33(47-5)29(18-21)41-49(6)45)40-35(44)39-27-13-14-30(25-10-8-7-9-24(25)27)48-23-15-16-37-32(20-23)38-22-11-12-26(34(42)43)31(19-22)46-4/h7-20,41H,1-6H3,(H,37,38)(H,42,43)(H2,39,40,44). The molecule has 2 amide bonds. The third-order valence-corrected chi connectivity index (χ3v) is 7.96. The first-order valence-corrected chi connectivity index (χ1v) is 16.7. The summed E-state index contributed by atoms with van der Waals surface area (Å²) in [5.74, 6) is 1.00. The SMILES string of the molecule is COc1cc(Nc2cc(Oc3ccc(NC(=O)Nc4cc(C(C)(C)C)cc(NS(C)=O)c4OC)c4ccccc34)ccn2)ccc1C(=O)O. The molecule has 13 heteroatoms. The van der Waals surface area contributed by atoms with Gasteiger partial charge in [-0.05, 0) is 53.4 Å². The van der Waals surface area contributed by atoms with Crippen molar-refractivity contribution in [2.45, 2.75) is 26.2 Å². The third kappa shape index (κ3) is 8.19. The van der Waals surface area contributed by atoms with Gasteiger partial charge in [-0.3, -0.25) is 0 Å². The van der Waals surface area contributed by atoms with E-state index < -0.39 is 23.0 Å². The van der Waals surface area contributed by atoms with Crippen molar-refractivity contribution in [1.29, 1.82) is 0 Å². The van der Waals surface area contributed by atoms with E-state index in [9.17, 15) is 18.9 Å². The Morgan fingerprint density at radius 1 is 0.816 bits per heavy atom. The van der Waals surface area contributed by atoms with Crippen LogP contribution in [0.4, 0.5) is 33.4 Å². The molecule has 0 aliphatic rings. The zero-order valence-corrected chi connectivity index (χ0v) is 28.7. The zero-order valence-electron chi connectivity index (χ0n) is 27.8. The number of carbonyl (C=O) groups is 2. The van der Waals surface area contributed by atoms with Crippen LogP contribution in [0.2, 0.25) is 0 Å². The van der Waals surface area contributed by atoms with Crippen LogP contribution < -0.4 is 34.9 Å². The number of nitrogens with zero attached hydrogens (tertiary/aromatic N) is 1. The van der Waals surface area contributed by atoms with Gasteiger partial charge >= 0.3 is 12.0 Å². The Labute approximate surface area is 286 Å². The van der Waals surface area contributed by atoms with Crippen LogP contribution in [0.1, 0.15) is 36.7 Å². The van der Waals surface area contributed by atoms with Crippen LogP contribution in [0.15, 0.2) is 85.1 Å². The number of urea groups is 1. The number of hydrogen-bond donors (Lipinski definition) is 5. The number of amides is 2. The Kier molecular flexibility index (Phi) is 10.2. The van der Waals surface area contributed by atoms with Gasteiger partial charge in [0, 0.05) is 41.0 Å². The van der Waals surface area contributed by atoms with Gasteiger partial charge < -0.3 is 40.0 Å². The number of ether oxygens (including phenoxy) is 3. The van der Waals surface area contributed by atoms with E-state index >= 15 is 0 Å². The minimum Gasteiger partial charge on any atom is -0.496 e. The molecule has 12 nitrogen and oxygen atoms in total. The Bertz CT molecular complexity index is 2060. The number of hydrogen-bond acceptors (Lipinski definition) is 8. The first-order chi connectivity index (χ1) is 23.4. The quantitative estimate of drug-likeness (QED) is 0.0926. The number of aromatic carboxylic acids is 1. The number of rotatable bonds is 11. The summed E-state index contributed by atoms with van der Waals surface area (Å²) < 4.78 is 32.1. The number of aromatic nitrogens is 1. The van der Waals surface area contributed by atoms with Crippen LogP contribution in [0.25, 0.3) is 10.8 Å². The van der Waals surface area contributed by atoms with Gasteiger partial charge in [0.1, 0.15) is 39.6 Å². The van der Waals surface area contributed by atoms with E-state index in [-0.39, 0.29) is 16.7 Å². The van der Waals surface area contributed by atoms with Gasteiger partial charge in [0.2, 0.25) is 0 Å². The predicted octanol–water partition coefficient (Wildman–Crippen LogP) is 8.13. The molecule has 1 heterocycles. The van der Waals surface area contributed by atoms with Crippen LogP contribution in [0, 0.1) is 0 Å². The number of benzene rings is 4. The van der Waals surface area contributed by atoms with Crippen molar-refractivity contribution >= 4 is 62.3 Å². The van der Waals surface area contributed by atoms with E-state index in [1.54, 1.807) is 42.6 Å². The Hall–Kier alpha value is -5.82. The van der Waals surface area contributed by atoms with Crippen molar-refractivity contribution in [1.82, 2.24) is 4.98 Å². The Morgan fingerprint density at radius 3 is 2.20 bits per heavy atom. The smallest absolute Gasteiger partial charge is 0.339 e. The first kappa shape index (κ1) is 34.5. The normalized spacial score (nSPS) is 11.7. The fourth-order valence-electron chi connectivity index (χ4n) is 5.11. The molecule has 0 radical (unpaired) electrons. The zero-order chi connectivity index (χ0) is 35.3. The molecule has 4 aromatic carbocycles. The van der Waals surface area contributed by atoms with Crippen molar-refractivity contribution < 1.29 is 33.1 Å². The molecule has 0 saturated carbocycles. The number of carbonyl (C=O) groups excluding carboxylic acids is 1. The number of methoxy groups -OCH3 is 2. The lowest BCUT2D eigenvalue weighted by molar-refractivity contribution is 0.0693. The van der Waals surface area contributed by atoms with Gasteiger partial charge in [0.05, 0.1) is 31.3 Å². The average molecular weight is 684 g/mol. The Balaban J connectivity index is 1.38. The maximum Gasteiger partial charge on any atom is 0.339 e. The molecule has 0 bridgehead atoms. The van der Waals surface area contributed by atoms with Crippen LogP contribution in [0.5, 0.6) is 23.0 Å². The third-order valence-electron chi connectivity index (χ3n) is 7.46. The topological polar surface area (TPSA) is 160 Å². The number of carboxylic acids is 1. The summed E-state index contributed by atoms with van der Waals surface area (Å²) in [7, 11) is 1.53. The molecule has 49 heavy (non-hydrogen) atoms. The summed E-state index contributed by atoms with van der Waals surface area (Å²) in [6.45, 7) is 6.14. The van der Waals surface area contributed by atoms with Crippen molar-refractivity contribution in [3.63, 3.8) is 0 Å². The fraction of sp³-hybridized carbons (Fsp3) is 0.194. The predicted molar refractivity (Wildman–Crippen MR) is 194 cm³/mol. The number of nitrogens with one attached hydrogen (secondary N) is 4. The second kappa shape index (κ2) is 14.5. The van der Waals surface area contributed by atoms with E-state index in [0.717, 1.165) is 16.3 Å². The molecule has 1 aromatic heterocycles. The number of fused-ring (bicyclic) bond motifs is 1. The van der Waals surface area contributed by atoms with Crippen molar-refractivity contribution in [3.05, 3.63) is 96.2 Å². The van der Waals surface area contributed by atoms with E-state index in [0.29, 0.717) is 45.8 Å². The lowest BCUT2D eigenvalue weighted by Gasteiger charge is -2.24. The Morgan fingerprint density at radius 2 is 1.53 bits per heavy atom. The summed E-state index contributed by atoms with van der Waals surface area (Å²) in [6.07, 6.45) is 3.11. The van der Waals surface area contributed by atoms with Crippen LogP contribution in [0.3, 0.4) is 0 Å². The highest BCUT2D eigenvalue weighted by Gasteiger charge is 2.22. The summed E-state index contributed by atoms with van der Waals surface area (Å²) in [4.78, 5) is 29.2. The summed E-state index contributed by atoms with van der Waals surface area (Å²) >= 11 is 0. The van der Waals surface area contributed by atoms with E-state index in [1.165, 1.54) is 26.5 Å². The average Bonchev–Trinajstić information content (AvgIpc) is 3.05. The van der Waals surface area contributed by atoms with Gasteiger partial charge in [-0.15, -0.1) is 0 Å². The minimum absolute atomic E-state index is 0.0482. The molecule has 0 saturated heterocycles. The van der Waals surface area contributed by atoms with Gasteiger partial charge in [-0.25, -0.2) is 18.8 Å². The lowest BCUT2D eigenvalue weighted by Crippen LogP contribution is -2.21. The molecule has 1 atom stereocenters. The highest BCUT2D eigenvalue weighted by molar-refractivity contribution is 7.85. The van der Waals surface area contributed by atoms with E-state index in [2.05, 4.69) is 25.7 Å². The molecular weight excluding hydrogens is 646 g/mol. The second-order valence-electron chi connectivity index (χ2n) is 12.0. The number of pyridine rings is 1. The van der Waals surface area contributed by atoms with Gasteiger partial charge in [-0.1, -0.05) is 45.0 Å². The summed E-state index contributed by atoms with van der Waals surface area (Å²) in [5, 5.41) is 19.9. The van der Waals surface area contributed by atoms with Crippen LogP contribution in [-0.2, 0) is 16.4 Å². The molecule has 1 unspecified atom stereocenters. The molecule has 5 aromatic rings. The van der Waals surface area contributed by atoms with Crippen molar-refractivity contribution in [3.8, 4) is 23.0 Å². The highest BCUT2D eigenvalue weighted by atomic mass is 32.2. The molecule has 0 aliphatic heterocycles. The maximum atomic E-state index is 13.4. The molecular formula is C36H37N5O7S. The second-order valence-corrected chi connectivity index (χ2v) is 13.1. The summed E-state index contributed by atoms with van der Waals surface area (Å²) in [5.41, 5.74) is 2.76. The molecule has 0 spiro atoms. The molecule has 5 rings (SSSR count). The van der Waals surface area contributed by atoms with Gasteiger partial charge in [-0.2, -0.15) is 0 Å². The van der Waals surface area contributed by atoms with Crippen LogP contribution in [-0.4, -0.2) is 46.8 Å².